The topological polar surface area (TPSA) is 84.0 Å². The molecule has 2 aromatic carbocycles. The van der Waals surface area contributed by atoms with Crippen molar-refractivity contribution >= 4 is 20.9 Å². The van der Waals surface area contributed by atoms with Gasteiger partial charge < -0.3 is 4.42 Å². The summed E-state index contributed by atoms with van der Waals surface area (Å²) in [6.45, 7) is 0. The molecule has 0 spiro atoms. The van der Waals surface area contributed by atoms with E-state index in [-0.39, 0.29) is 22.3 Å². The fraction of sp³-hybridized carbons (Fsp3) is 0.250. The molecule has 4 rings (SSSR count). The molecule has 2 atom stereocenters. The first kappa shape index (κ1) is 16.8. The van der Waals surface area contributed by atoms with E-state index in [0.29, 0.717) is 5.89 Å². The number of oxazole rings is 1. The Bertz CT molecular complexity index is 1090. The molecular weight excluding hydrogens is 348 g/mol. The Morgan fingerprint density at radius 2 is 2.04 bits per heavy atom. The van der Waals surface area contributed by atoms with E-state index in [0.717, 1.165) is 35.8 Å². The normalized spacial score (nSPS) is 20.3. The van der Waals surface area contributed by atoms with Crippen molar-refractivity contribution in [3.8, 4) is 6.07 Å². The summed E-state index contributed by atoms with van der Waals surface area (Å²) < 4.78 is 29.6. The fourth-order valence-corrected chi connectivity index (χ4v) is 4.48. The van der Waals surface area contributed by atoms with Gasteiger partial charge in [0.1, 0.15) is 11.6 Å². The maximum atomic E-state index is 11.8. The first-order valence-corrected chi connectivity index (χ1v) is 10.3. The number of nitriles is 1. The first-order valence-electron chi connectivity index (χ1n) is 8.40. The minimum absolute atomic E-state index is 0.0452. The van der Waals surface area contributed by atoms with Crippen LogP contribution in [0.5, 0.6) is 0 Å². The summed E-state index contributed by atoms with van der Waals surface area (Å²) in [5.41, 5.74) is 2.69. The second-order valence-corrected chi connectivity index (χ2v) is 8.59. The second-order valence-electron chi connectivity index (χ2n) is 6.60. The summed E-state index contributed by atoms with van der Waals surface area (Å²) in [5, 5.41) is 9.37. The third kappa shape index (κ3) is 2.89. The third-order valence-electron chi connectivity index (χ3n) is 4.87. The zero-order chi connectivity index (χ0) is 18.3. The van der Waals surface area contributed by atoms with Crippen LogP contribution in [0.2, 0.25) is 0 Å². The molecule has 6 heteroatoms. The summed E-state index contributed by atoms with van der Waals surface area (Å²) in [7, 11) is -3.43. The van der Waals surface area contributed by atoms with Crippen molar-refractivity contribution < 1.29 is 12.8 Å². The Balaban J connectivity index is 1.74. The van der Waals surface area contributed by atoms with E-state index in [1.807, 2.05) is 30.3 Å². The second kappa shape index (κ2) is 6.26. The molecule has 1 aliphatic rings. The average molecular weight is 365 g/mol. The van der Waals surface area contributed by atoms with Crippen LogP contribution in [0.4, 0.5) is 0 Å². The maximum absolute atomic E-state index is 11.8. The highest BCUT2D eigenvalue weighted by Gasteiger charge is 2.34. The standard InChI is InChI=1S/C20H17N2O3S/c1-26(23,24)19-10-9-13(11-14(19)12-21)15-5-4-6-16(15)20-22-17-7-2-3-8-18(17)25-20/h2-3,5,7-11,15-16H,4,6H2,1H3. The number of hydrogen-bond acceptors (Lipinski definition) is 5. The van der Waals surface area contributed by atoms with Gasteiger partial charge in [-0.25, -0.2) is 13.4 Å². The van der Waals surface area contributed by atoms with Gasteiger partial charge in [-0.15, -0.1) is 0 Å². The molecule has 0 bridgehead atoms. The molecule has 0 N–H and O–H groups in total. The Kier molecular flexibility index (Phi) is 4.04. The number of nitrogens with zero attached hydrogens (tertiary/aromatic N) is 2. The van der Waals surface area contributed by atoms with Crippen LogP contribution in [0.3, 0.4) is 0 Å². The van der Waals surface area contributed by atoms with Gasteiger partial charge in [0.25, 0.3) is 0 Å². The largest absolute Gasteiger partial charge is 0.440 e. The van der Waals surface area contributed by atoms with E-state index < -0.39 is 9.84 Å². The highest BCUT2D eigenvalue weighted by atomic mass is 32.2. The average Bonchev–Trinajstić information content (AvgIpc) is 3.26. The van der Waals surface area contributed by atoms with Crippen molar-refractivity contribution in [1.82, 2.24) is 4.98 Å². The number of sulfone groups is 1. The molecule has 1 aliphatic carbocycles. The molecule has 1 aromatic heterocycles. The van der Waals surface area contributed by atoms with Gasteiger partial charge >= 0.3 is 0 Å². The van der Waals surface area contributed by atoms with Gasteiger partial charge in [0.2, 0.25) is 0 Å². The van der Waals surface area contributed by atoms with Gasteiger partial charge in [-0.3, -0.25) is 0 Å². The number of benzene rings is 2. The van der Waals surface area contributed by atoms with Gasteiger partial charge in [-0.2, -0.15) is 5.26 Å². The summed E-state index contributed by atoms with van der Waals surface area (Å²) in [6, 6.07) is 14.7. The summed E-state index contributed by atoms with van der Waals surface area (Å²) >= 11 is 0. The van der Waals surface area contributed by atoms with Crippen LogP contribution in [0.1, 0.15) is 41.7 Å². The van der Waals surface area contributed by atoms with Crippen LogP contribution >= 0.6 is 0 Å². The fourth-order valence-electron chi connectivity index (χ4n) is 3.66. The quantitative estimate of drug-likeness (QED) is 0.701. The maximum Gasteiger partial charge on any atom is 0.199 e. The van der Waals surface area contributed by atoms with Gasteiger partial charge in [-0.05, 0) is 55.0 Å². The molecular formula is C20H17N2O3S. The molecule has 1 heterocycles. The third-order valence-corrected chi connectivity index (χ3v) is 6.02. The van der Waals surface area contributed by atoms with Crippen LogP contribution in [0, 0.1) is 17.8 Å². The van der Waals surface area contributed by atoms with Crippen molar-refractivity contribution in [2.75, 3.05) is 6.26 Å². The smallest absolute Gasteiger partial charge is 0.199 e. The number of rotatable bonds is 3. The SMILES string of the molecule is CS(=O)(=O)c1ccc(C2[CH]CCC2c2nc3ccccc3o2)cc1C#N. The zero-order valence-corrected chi connectivity index (χ0v) is 15.0. The minimum Gasteiger partial charge on any atom is -0.440 e. The molecule has 1 fully saturated rings. The van der Waals surface area contributed by atoms with Crippen LogP contribution in [0.25, 0.3) is 11.1 Å². The van der Waals surface area contributed by atoms with Gasteiger partial charge in [0.15, 0.2) is 21.3 Å². The van der Waals surface area contributed by atoms with E-state index >= 15 is 0 Å². The first-order chi connectivity index (χ1) is 12.5. The summed E-state index contributed by atoms with van der Waals surface area (Å²) in [6.07, 6.45) is 5.14. The molecule has 2 unspecified atom stereocenters. The van der Waals surface area contributed by atoms with Gasteiger partial charge in [-0.1, -0.05) is 18.2 Å². The van der Waals surface area contributed by atoms with Crippen molar-refractivity contribution in [2.45, 2.75) is 29.6 Å². The number of fused-ring (bicyclic) bond motifs is 1. The number of hydrogen-bond donors (Lipinski definition) is 0. The lowest BCUT2D eigenvalue weighted by Gasteiger charge is -2.18. The molecule has 0 saturated heterocycles. The molecule has 0 aliphatic heterocycles. The Morgan fingerprint density at radius 3 is 2.77 bits per heavy atom. The molecule has 5 nitrogen and oxygen atoms in total. The van der Waals surface area contributed by atoms with E-state index in [9.17, 15) is 13.7 Å². The van der Waals surface area contributed by atoms with Crippen molar-refractivity contribution in [1.29, 1.82) is 5.26 Å². The van der Waals surface area contributed by atoms with Crippen molar-refractivity contribution in [3.05, 3.63) is 65.9 Å². The molecule has 26 heavy (non-hydrogen) atoms. The van der Waals surface area contributed by atoms with E-state index in [1.54, 1.807) is 12.1 Å². The highest BCUT2D eigenvalue weighted by Crippen LogP contribution is 2.46. The van der Waals surface area contributed by atoms with E-state index in [2.05, 4.69) is 11.4 Å². The lowest BCUT2D eigenvalue weighted by Crippen LogP contribution is -2.08. The number of aromatic nitrogens is 1. The van der Waals surface area contributed by atoms with Crippen LogP contribution in [0.15, 0.2) is 51.8 Å². The van der Waals surface area contributed by atoms with Crippen LogP contribution in [-0.4, -0.2) is 19.7 Å². The highest BCUT2D eigenvalue weighted by molar-refractivity contribution is 7.90. The Morgan fingerprint density at radius 1 is 1.23 bits per heavy atom. The molecule has 3 aromatic rings. The molecule has 1 saturated carbocycles. The Hall–Kier alpha value is -2.65. The summed E-state index contributed by atoms with van der Waals surface area (Å²) in [4.78, 5) is 4.69. The monoisotopic (exact) mass is 365 g/mol. The lowest BCUT2D eigenvalue weighted by atomic mass is 9.88. The number of para-hydroxylation sites is 2. The molecule has 131 valence electrons. The predicted molar refractivity (Wildman–Crippen MR) is 97.3 cm³/mol. The van der Waals surface area contributed by atoms with Crippen molar-refractivity contribution in [2.24, 2.45) is 0 Å². The van der Waals surface area contributed by atoms with Crippen molar-refractivity contribution in [3.63, 3.8) is 0 Å². The molecule has 1 radical (unpaired) electrons. The molecule has 0 amide bonds. The van der Waals surface area contributed by atoms with Crippen LogP contribution < -0.4 is 0 Å². The van der Waals surface area contributed by atoms with Gasteiger partial charge in [0, 0.05) is 12.2 Å². The van der Waals surface area contributed by atoms with Crippen LogP contribution in [-0.2, 0) is 9.84 Å². The van der Waals surface area contributed by atoms with E-state index in [1.165, 1.54) is 6.07 Å². The lowest BCUT2D eigenvalue weighted by molar-refractivity contribution is 0.457. The predicted octanol–water partition coefficient (Wildman–Crippen LogP) is 3.97. The summed E-state index contributed by atoms with van der Waals surface area (Å²) in [5.74, 6) is 0.817. The zero-order valence-electron chi connectivity index (χ0n) is 14.2. The van der Waals surface area contributed by atoms with Gasteiger partial charge in [0.05, 0.1) is 10.5 Å². The Labute approximate surface area is 152 Å². The van der Waals surface area contributed by atoms with E-state index in [4.69, 9.17) is 4.42 Å². The minimum atomic E-state index is -3.43.